The predicted octanol–water partition coefficient (Wildman–Crippen LogP) is 3.54. The number of methoxy groups -OCH3 is 1. The van der Waals surface area contributed by atoms with Crippen molar-refractivity contribution in [3.05, 3.63) is 28.7 Å². The minimum atomic E-state index is 0.280. The van der Waals surface area contributed by atoms with Gasteiger partial charge in [-0.25, -0.2) is 0 Å². The molecule has 0 N–H and O–H groups in total. The molecule has 0 fully saturated rings. The van der Waals surface area contributed by atoms with E-state index in [4.69, 9.17) is 4.74 Å². The molecular formula is C12H15BrO2S. The van der Waals surface area contributed by atoms with Crippen LogP contribution in [-0.4, -0.2) is 25.3 Å². The van der Waals surface area contributed by atoms with Gasteiger partial charge in [0.2, 0.25) is 0 Å². The van der Waals surface area contributed by atoms with Gasteiger partial charge in [0.05, 0.1) is 5.75 Å². The Labute approximate surface area is 109 Å². The lowest BCUT2D eigenvalue weighted by atomic mass is 10.2. The quantitative estimate of drug-likeness (QED) is 0.569. The number of ether oxygens (including phenoxy) is 1. The summed E-state index contributed by atoms with van der Waals surface area (Å²) in [6, 6.07) is 7.98. The highest BCUT2D eigenvalue weighted by Crippen LogP contribution is 2.22. The van der Waals surface area contributed by atoms with Gasteiger partial charge in [-0.2, -0.15) is 0 Å². The zero-order chi connectivity index (χ0) is 11.8. The van der Waals surface area contributed by atoms with Crippen molar-refractivity contribution in [2.24, 2.45) is 0 Å². The number of carbonyl (C=O) groups is 1. The molecule has 2 nitrogen and oxygen atoms in total. The average molecular weight is 303 g/mol. The smallest absolute Gasteiger partial charge is 0.143 e. The Morgan fingerprint density at radius 2 is 2.31 bits per heavy atom. The Balaban J connectivity index is 2.26. The van der Waals surface area contributed by atoms with E-state index in [0.717, 1.165) is 15.8 Å². The second-order valence-corrected chi connectivity index (χ2v) is 5.35. The zero-order valence-corrected chi connectivity index (χ0v) is 11.6. The van der Waals surface area contributed by atoms with Crippen molar-refractivity contribution in [3.8, 4) is 0 Å². The number of hydrogen-bond acceptors (Lipinski definition) is 3. The minimum Gasteiger partial charge on any atom is -0.385 e. The number of carbonyl (C=O) groups excluding carboxylic acids is 1. The highest BCUT2D eigenvalue weighted by molar-refractivity contribution is 9.10. The molecule has 1 aromatic carbocycles. The zero-order valence-electron chi connectivity index (χ0n) is 9.24. The molecule has 0 atom stereocenters. The Hall–Kier alpha value is -0.320. The molecule has 1 rings (SSSR count). The van der Waals surface area contributed by atoms with E-state index in [2.05, 4.69) is 15.9 Å². The lowest BCUT2D eigenvalue weighted by Gasteiger charge is -2.02. The highest BCUT2D eigenvalue weighted by atomic mass is 79.9. The van der Waals surface area contributed by atoms with Crippen molar-refractivity contribution in [2.75, 3.05) is 19.5 Å². The van der Waals surface area contributed by atoms with Crippen LogP contribution in [-0.2, 0) is 9.53 Å². The van der Waals surface area contributed by atoms with Crippen molar-refractivity contribution in [1.29, 1.82) is 0 Å². The minimum absolute atomic E-state index is 0.280. The van der Waals surface area contributed by atoms with Crippen LogP contribution in [0, 0.1) is 0 Å². The van der Waals surface area contributed by atoms with E-state index in [1.54, 1.807) is 18.9 Å². The van der Waals surface area contributed by atoms with Gasteiger partial charge >= 0.3 is 0 Å². The van der Waals surface area contributed by atoms with E-state index >= 15 is 0 Å². The first kappa shape index (κ1) is 13.7. The summed E-state index contributed by atoms with van der Waals surface area (Å²) in [5, 5.41) is 0. The van der Waals surface area contributed by atoms with Crippen molar-refractivity contribution in [1.82, 2.24) is 0 Å². The van der Waals surface area contributed by atoms with Crippen molar-refractivity contribution in [3.63, 3.8) is 0 Å². The maximum atomic E-state index is 11.5. The molecule has 0 aliphatic heterocycles. The van der Waals surface area contributed by atoms with Gasteiger partial charge < -0.3 is 4.74 Å². The lowest BCUT2D eigenvalue weighted by Crippen LogP contribution is -2.03. The van der Waals surface area contributed by atoms with Crippen LogP contribution < -0.4 is 0 Å². The van der Waals surface area contributed by atoms with Crippen LogP contribution in [0.2, 0.25) is 0 Å². The third kappa shape index (κ3) is 5.68. The summed E-state index contributed by atoms with van der Waals surface area (Å²) in [5.74, 6) is 0.821. The summed E-state index contributed by atoms with van der Waals surface area (Å²) in [4.78, 5) is 12.6. The van der Waals surface area contributed by atoms with Crippen molar-refractivity contribution < 1.29 is 9.53 Å². The van der Waals surface area contributed by atoms with Crippen LogP contribution in [0.25, 0.3) is 0 Å². The van der Waals surface area contributed by atoms with E-state index in [0.29, 0.717) is 18.8 Å². The molecule has 0 radical (unpaired) electrons. The molecule has 0 aromatic heterocycles. The van der Waals surface area contributed by atoms with E-state index < -0.39 is 0 Å². The van der Waals surface area contributed by atoms with Gasteiger partial charge in [0.15, 0.2) is 0 Å². The molecule has 0 aliphatic rings. The van der Waals surface area contributed by atoms with Gasteiger partial charge in [0.25, 0.3) is 0 Å². The summed E-state index contributed by atoms with van der Waals surface area (Å²) < 4.78 is 5.95. The summed E-state index contributed by atoms with van der Waals surface area (Å²) in [7, 11) is 1.65. The Kier molecular flexibility index (Phi) is 6.76. The summed E-state index contributed by atoms with van der Waals surface area (Å²) in [5.41, 5.74) is 0. The summed E-state index contributed by atoms with van der Waals surface area (Å²) >= 11 is 4.99. The van der Waals surface area contributed by atoms with Gasteiger partial charge in [-0.15, -0.1) is 11.8 Å². The molecule has 0 saturated heterocycles. The average Bonchev–Trinajstić information content (AvgIpc) is 2.27. The third-order valence-electron chi connectivity index (χ3n) is 2.00. The van der Waals surface area contributed by atoms with E-state index in [1.165, 1.54) is 0 Å². The molecule has 88 valence electrons. The van der Waals surface area contributed by atoms with Crippen LogP contribution in [0.1, 0.15) is 12.8 Å². The number of ketones is 1. The standard InChI is InChI=1S/C12H15BrO2S/c1-15-7-3-5-11(14)9-16-12-6-2-4-10(13)8-12/h2,4,6,8H,3,5,7,9H2,1H3. The number of Topliss-reactive ketones (excluding diaryl/α,β-unsaturated/α-hetero) is 1. The molecule has 4 heteroatoms. The number of rotatable bonds is 7. The molecule has 0 amide bonds. The molecule has 0 saturated carbocycles. The van der Waals surface area contributed by atoms with Crippen LogP contribution in [0.4, 0.5) is 0 Å². The molecule has 0 heterocycles. The Bertz CT molecular complexity index is 342. The molecule has 0 aliphatic carbocycles. The highest BCUT2D eigenvalue weighted by Gasteiger charge is 2.03. The number of halogens is 1. The maximum Gasteiger partial charge on any atom is 0.143 e. The number of benzene rings is 1. The van der Waals surface area contributed by atoms with Crippen LogP contribution in [0.15, 0.2) is 33.6 Å². The van der Waals surface area contributed by atoms with Gasteiger partial charge in [0.1, 0.15) is 5.78 Å². The third-order valence-corrected chi connectivity index (χ3v) is 3.55. The van der Waals surface area contributed by atoms with E-state index in [-0.39, 0.29) is 5.78 Å². The molecule has 1 aromatic rings. The van der Waals surface area contributed by atoms with Gasteiger partial charge in [-0.05, 0) is 24.6 Å². The lowest BCUT2D eigenvalue weighted by molar-refractivity contribution is -0.116. The van der Waals surface area contributed by atoms with E-state index in [1.807, 2.05) is 24.3 Å². The number of thioether (sulfide) groups is 1. The van der Waals surface area contributed by atoms with Crippen LogP contribution in [0.5, 0.6) is 0 Å². The summed E-state index contributed by atoms with van der Waals surface area (Å²) in [6.07, 6.45) is 1.42. The first-order valence-corrected chi connectivity index (χ1v) is 6.89. The molecule has 0 bridgehead atoms. The Morgan fingerprint density at radius 3 is 3.00 bits per heavy atom. The van der Waals surface area contributed by atoms with Crippen molar-refractivity contribution >= 4 is 33.5 Å². The fraction of sp³-hybridized carbons (Fsp3) is 0.417. The molecule has 0 unspecified atom stereocenters. The normalized spacial score (nSPS) is 10.4. The SMILES string of the molecule is COCCCC(=O)CSc1cccc(Br)c1. The van der Waals surface area contributed by atoms with Crippen molar-refractivity contribution in [2.45, 2.75) is 17.7 Å². The fourth-order valence-corrected chi connectivity index (χ4v) is 2.61. The second kappa shape index (κ2) is 7.87. The molecule has 16 heavy (non-hydrogen) atoms. The predicted molar refractivity (Wildman–Crippen MR) is 71.0 cm³/mol. The van der Waals surface area contributed by atoms with E-state index in [9.17, 15) is 4.79 Å². The summed E-state index contributed by atoms with van der Waals surface area (Å²) in [6.45, 7) is 0.660. The molecular weight excluding hydrogens is 288 g/mol. The first-order valence-electron chi connectivity index (χ1n) is 5.11. The maximum absolute atomic E-state index is 11.5. The number of hydrogen-bond donors (Lipinski definition) is 0. The second-order valence-electron chi connectivity index (χ2n) is 3.38. The van der Waals surface area contributed by atoms with Crippen LogP contribution in [0.3, 0.4) is 0 Å². The topological polar surface area (TPSA) is 26.3 Å². The largest absolute Gasteiger partial charge is 0.385 e. The van der Waals surface area contributed by atoms with Gasteiger partial charge in [0, 0.05) is 29.5 Å². The van der Waals surface area contributed by atoms with Crippen LogP contribution >= 0.6 is 27.7 Å². The fourth-order valence-electron chi connectivity index (χ4n) is 1.21. The first-order chi connectivity index (χ1) is 7.72. The molecule has 0 spiro atoms. The van der Waals surface area contributed by atoms with Gasteiger partial charge in [-0.1, -0.05) is 22.0 Å². The van der Waals surface area contributed by atoms with Gasteiger partial charge in [-0.3, -0.25) is 4.79 Å². The monoisotopic (exact) mass is 302 g/mol. The Morgan fingerprint density at radius 1 is 1.50 bits per heavy atom.